The monoisotopic (exact) mass is 392 g/mol. The number of halogens is 3. The third-order valence-electron chi connectivity index (χ3n) is 4.33. The summed E-state index contributed by atoms with van der Waals surface area (Å²) in [6.07, 6.45) is 2.93. The lowest BCUT2D eigenvalue weighted by atomic mass is 9.98. The molecule has 0 N–H and O–H groups in total. The largest absolute Gasteiger partial charge is 0.534 e. The first-order valence-corrected chi connectivity index (χ1v) is 9.97. The van der Waals surface area contributed by atoms with Crippen LogP contribution in [0.25, 0.3) is 0 Å². The third-order valence-corrected chi connectivity index (χ3v) is 5.37. The van der Waals surface area contributed by atoms with E-state index in [1.165, 1.54) is 6.92 Å². The van der Waals surface area contributed by atoms with Crippen molar-refractivity contribution in [2.45, 2.75) is 63.7 Å². The van der Waals surface area contributed by atoms with Crippen LogP contribution in [-0.2, 0) is 19.0 Å². The Morgan fingerprint density at radius 1 is 1.23 bits per heavy atom. The summed E-state index contributed by atoms with van der Waals surface area (Å²) in [5.41, 5.74) is -4.08. The molecule has 8 heteroatoms. The van der Waals surface area contributed by atoms with Crippen LogP contribution in [0.15, 0.2) is 41.7 Å². The van der Waals surface area contributed by atoms with E-state index < -0.39 is 21.7 Å². The van der Waals surface area contributed by atoms with Gasteiger partial charge in [0.1, 0.15) is 5.76 Å². The number of hydrogen-bond acceptors (Lipinski definition) is 4. The van der Waals surface area contributed by atoms with Gasteiger partial charge in [-0.25, -0.2) is 0 Å². The Kier molecular flexibility index (Phi) is 6.74. The van der Waals surface area contributed by atoms with Crippen molar-refractivity contribution in [2.75, 3.05) is 0 Å². The van der Waals surface area contributed by atoms with Gasteiger partial charge in [0, 0.05) is 12.0 Å². The SMILES string of the molecule is CCCCC[C@@H]1O[C@H](c2ccccc2)C/C1=C(/C)OS(=O)(=O)C(F)(F)F. The molecule has 0 unspecified atom stereocenters. The molecular formula is C18H23F3O4S. The summed E-state index contributed by atoms with van der Waals surface area (Å²) in [6, 6.07) is 9.31. The van der Waals surface area contributed by atoms with E-state index in [1.807, 2.05) is 37.3 Å². The predicted molar refractivity (Wildman–Crippen MR) is 91.6 cm³/mol. The molecule has 0 saturated carbocycles. The fraction of sp³-hybridized carbons (Fsp3) is 0.556. The summed E-state index contributed by atoms with van der Waals surface area (Å²) in [4.78, 5) is 0. The first-order valence-electron chi connectivity index (χ1n) is 8.56. The summed E-state index contributed by atoms with van der Waals surface area (Å²) in [6.45, 7) is 3.30. The minimum absolute atomic E-state index is 0.248. The maximum absolute atomic E-state index is 12.6. The summed E-state index contributed by atoms with van der Waals surface area (Å²) in [7, 11) is -5.68. The molecule has 1 saturated heterocycles. The fourth-order valence-electron chi connectivity index (χ4n) is 2.98. The minimum atomic E-state index is -5.68. The molecular weight excluding hydrogens is 369 g/mol. The van der Waals surface area contributed by atoms with Gasteiger partial charge >= 0.3 is 15.6 Å². The van der Waals surface area contributed by atoms with Gasteiger partial charge in [-0.05, 0) is 18.9 Å². The third kappa shape index (κ3) is 5.01. The van der Waals surface area contributed by atoms with E-state index in [2.05, 4.69) is 4.18 Å². The number of ether oxygens (including phenoxy) is 1. The molecule has 0 bridgehead atoms. The summed E-state index contributed by atoms with van der Waals surface area (Å²) in [5, 5.41) is 0. The van der Waals surface area contributed by atoms with Gasteiger partial charge in [-0.1, -0.05) is 56.5 Å². The smallest absolute Gasteiger partial charge is 0.381 e. The molecule has 1 aliphatic rings. The van der Waals surface area contributed by atoms with Crippen LogP contribution >= 0.6 is 0 Å². The second kappa shape index (κ2) is 8.43. The van der Waals surface area contributed by atoms with Gasteiger partial charge in [-0.2, -0.15) is 21.6 Å². The van der Waals surface area contributed by atoms with E-state index in [0.29, 0.717) is 18.4 Å². The second-order valence-electron chi connectivity index (χ2n) is 6.29. The average molecular weight is 392 g/mol. The first kappa shape index (κ1) is 20.8. The van der Waals surface area contributed by atoms with Gasteiger partial charge in [-0.3, -0.25) is 0 Å². The molecule has 0 spiro atoms. The van der Waals surface area contributed by atoms with Crippen molar-refractivity contribution in [1.82, 2.24) is 0 Å². The minimum Gasteiger partial charge on any atom is -0.381 e. The van der Waals surface area contributed by atoms with Crippen LogP contribution in [0.4, 0.5) is 13.2 Å². The molecule has 0 amide bonds. The molecule has 0 radical (unpaired) electrons. The zero-order chi connectivity index (χ0) is 19.4. The molecule has 26 heavy (non-hydrogen) atoms. The number of hydrogen-bond donors (Lipinski definition) is 0. The first-order chi connectivity index (χ1) is 12.2. The van der Waals surface area contributed by atoms with E-state index in [0.717, 1.165) is 24.8 Å². The highest BCUT2D eigenvalue weighted by molar-refractivity contribution is 7.87. The van der Waals surface area contributed by atoms with Gasteiger partial charge in [-0.15, -0.1) is 0 Å². The van der Waals surface area contributed by atoms with Gasteiger partial charge in [0.2, 0.25) is 0 Å². The molecule has 2 atom stereocenters. The second-order valence-corrected chi connectivity index (χ2v) is 7.83. The maximum Gasteiger partial charge on any atom is 0.534 e. The topological polar surface area (TPSA) is 52.6 Å². The van der Waals surface area contributed by atoms with Gasteiger partial charge in [0.15, 0.2) is 0 Å². The summed E-state index contributed by atoms with van der Waals surface area (Å²) >= 11 is 0. The highest BCUT2D eigenvalue weighted by Crippen LogP contribution is 2.41. The summed E-state index contributed by atoms with van der Waals surface area (Å²) in [5.74, 6) is -0.248. The highest BCUT2D eigenvalue weighted by atomic mass is 32.2. The Balaban J connectivity index is 2.26. The van der Waals surface area contributed by atoms with Crippen molar-refractivity contribution in [1.29, 1.82) is 0 Å². The Hall–Kier alpha value is -1.54. The lowest BCUT2D eigenvalue weighted by Crippen LogP contribution is -2.25. The van der Waals surface area contributed by atoms with Gasteiger partial charge < -0.3 is 8.92 Å². The van der Waals surface area contributed by atoms with Crippen LogP contribution in [0, 0.1) is 0 Å². The predicted octanol–water partition coefficient (Wildman–Crippen LogP) is 5.24. The van der Waals surface area contributed by atoms with E-state index >= 15 is 0 Å². The van der Waals surface area contributed by atoms with Crippen LogP contribution < -0.4 is 0 Å². The molecule has 1 heterocycles. The molecule has 1 aromatic rings. The molecule has 146 valence electrons. The quantitative estimate of drug-likeness (QED) is 0.276. The van der Waals surface area contributed by atoms with Gasteiger partial charge in [0.05, 0.1) is 12.2 Å². The van der Waals surface area contributed by atoms with Crippen molar-refractivity contribution in [2.24, 2.45) is 0 Å². The van der Waals surface area contributed by atoms with E-state index in [4.69, 9.17) is 4.74 Å². The lowest BCUT2D eigenvalue weighted by molar-refractivity contribution is -0.0523. The number of rotatable bonds is 7. The van der Waals surface area contributed by atoms with Crippen molar-refractivity contribution in [3.05, 3.63) is 47.2 Å². The van der Waals surface area contributed by atoms with Crippen molar-refractivity contribution in [3.8, 4) is 0 Å². The Morgan fingerprint density at radius 3 is 2.46 bits per heavy atom. The maximum atomic E-state index is 12.6. The van der Waals surface area contributed by atoms with E-state index in [1.54, 1.807) is 0 Å². The van der Waals surface area contributed by atoms with Crippen LogP contribution in [0.1, 0.15) is 57.6 Å². The zero-order valence-electron chi connectivity index (χ0n) is 14.8. The van der Waals surface area contributed by atoms with E-state index in [-0.39, 0.29) is 11.9 Å². The number of alkyl halides is 3. The Morgan fingerprint density at radius 2 is 1.88 bits per heavy atom. The molecule has 2 rings (SSSR count). The van der Waals surface area contributed by atoms with Crippen molar-refractivity contribution < 1.29 is 30.5 Å². The molecule has 0 aliphatic carbocycles. The average Bonchev–Trinajstić information content (AvgIpc) is 2.99. The van der Waals surface area contributed by atoms with Crippen LogP contribution in [0.2, 0.25) is 0 Å². The number of benzene rings is 1. The molecule has 1 fully saturated rings. The molecule has 1 aliphatic heterocycles. The normalized spacial score (nSPS) is 23.1. The molecule has 1 aromatic carbocycles. The van der Waals surface area contributed by atoms with Crippen molar-refractivity contribution >= 4 is 10.1 Å². The van der Waals surface area contributed by atoms with Crippen LogP contribution in [-0.4, -0.2) is 20.0 Å². The highest BCUT2D eigenvalue weighted by Gasteiger charge is 2.49. The van der Waals surface area contributed by atoms with Crippen molar-refractivity contribution in [3.63, 3.8) is 0 Å². The molecule has 4 nitrogen and oxygen atoms in total. The zero-order valence-corrected chi connectivity index (χ0v) is 15.6. The standard InChI is InChI=1S/C18H23F3O4S/c1-3-4-6-11-16-15(13(2)25-26(22,23)18(19,20)21)12-17(24-16)14-9-7-5-8-10-14/h5,7-10,16-17H,3-4,6,11-12H2,1-2H3/b15-13+/t16-,17-/m0/s1. The van der Waals surface area contributed by atoms with Crippen LogP contribution in [0.5, 0.6) is 0 Å². The van der Waals surface area contributed by atoms with Gasteiger partial charge in [0.25, 0.3) is 0 Å². The Bertz CT molecular complexity index is 727. The summed E-state index contributed by atoms with van der Waals surface area (Å²) < 4.78 is 70.8. The number of unbranched alkanes of at least 4 members (excludes halogenated alkanes) is 2. The number of allylic oxidation sites excluding steroid dienone is 1. The fourth-order valence-corrected chi connectivity index (χ4v) is 3.51. The molecule has 0 aromatic heterocycles. The Labute approximate surface area is 152 Å². The van der Waals surface area contributed by atoms with Crippen LogP contribution in [0.3, 0.4) is 0 Å². The lowest BCUT2D eigenvalue weighted by Gasteiger charge is -2.16. The van der Waals surface area contributed by atoms with E-state index in [9.17, 15) is 21.6 Å².